The van der Waals surface area contributed by atoms with Crippen molar-refractivity contribution in [1.82, 2.24) is 0 Å². The molecule has 0 saturated carbocycles. The fourth-order valence-electron chi connectivity index (χ4n) is 1.15. The Hall–Kier alpha value is -0.800. The summed E-state index contributed by atoms with van der Waals surface area (Å²) in [5.74, 6) is 0. The Morgan fingerprint density at radius 3 is 2.92 bits per heavy atom. The SMILES string of the molecule is N#Cc1ccc2sc(O)cc2c1I. The van der Waals surface area contributed by atoms with Crippen LogP contribution in [0.25, 0.3) is 10.1 Å². The second-order valence-electron chi connectivity index (χ2n) is 2.54. The summed E-state index contributed by atoms with van der Waals surface area (Å²) in [6.07, 6.45) is 0. The second kappa shape index (κ2) is 3.16. The molecule has 4 heteroatoms. The molecule has 2 nitrogen and oxygen atoms in total. The molecule has 0 radical (unpaired) electrons. The number of thiophene rings is 1. The Morgan fingerprint density at radius 2 is 2.23 bits per heavy atom. The maximum absolute atomic E-state index is 9.28. The fraction of sp³-hybridized carbons (Fsp3) is 0. The van der Waals surface area contributed by atoms with Gasteiger partial charge >= 0.3 is 0 Å². The van der Waals surface area contributed by atoms with E-state index < -0.39 is 0 Å². The lowest BCUT2D eigenvalue weighted by Gasteiger charge is -1.95. The predicted molar refractivity (Wildman–Crippen MR) is 60.9 cm³/mol. The highest BCUT2D eigenvalue weighted by molar-refractivity contribution is 14.1. The molecular weight excluding hydrogens is 297 g/mol. The highest BCUT2D eigenvalue weighted by atomic mass is 127. The highest BCUT2D eigenvalue weighted by Gasteiger charge is 2.07. The fourth-order valence-corrected chi connectivity index (χ4v) is 2.89. The third-order valence-corrected chi connectivity index (χ3v) is 3.81. The first-order chi connectivity index (χ1) is 6.22. The van der Waals surface area contributed by atoms with Crippen LogP contribution >= 0.6 is 33.9 Å². The molecule has 0 spiro atoms. The quantitative estimate of drug-likeness (QED) is 0.760. The van der Waals surface area contributed by atoms with Gasteiger partial charge in [0.15, 0.2) is 5.06 Å². The molecular formula is C9H4INOS. The number of hydrogen-bond donors (Lipinski definition) is 1. The molecule has 0 atom stereocenters. The topological polar surface area (TPSA) is 44.0 Å². The Morgan fingerprint density at radius 1 is 1.46 bits per heavy atom. The molecule has 0 aliphatic heterocycles. The highest BCUT2D eigenvalue weighted by Crippen LogP contribution is 2.34. The Balaban J connectivity index is 2.87. The summed E-state index contributed by atoms with van der Waals surface area (Å²) in [5, 5.41) is 19.3. The molecule has 1 N–H and O–H groups in total. The Labute approximate surface area is 92.6 Å². The van der Waals surface area contributed by atoms with Crippen LogP contribution < -0.4 is 0 Å². The molecule has 0 fully saturated rings. The third kappa shape index (κ3) is 1.38. The minimum atomic E-state index is 0.294. The Kier molecular flexibility index (Phi) is 2.14. The van der Waals surface area contributed by atoms with E-state index in [9.17, 15) is 5.11 Å². The van der Waals surface area contributed by atoms with Crippen LogP contribution in [0.2, 0.25) is 0 Å². The zero-order chi connectivity index (χ0) is 9.42. The lowest BCUT2D eigenvalue weighted by Crippen LogP contribution is -1.79. The van der Waals surface area contributed by atoms with Crippen LogP contribution in [0.1, 0.15) is 5.56 Å². The van der Waals surface area contributed by atoms with E-state index in [0.29, 0.717) is 10.6 Å². The Bertz CT molecular complexity index is 512. The van der Waals surface area contributed by atoms with Crippen LogP contribution in [0.4, 0.5) is 0 Å². The largest absolute Gasteiger partial charge is 0.499 e. The number of hydrogen-bond acceptors (Lipinski definition) is 3. The number of fused-ring (bicyclic) bond motifs is 1. The van der Waals surface area contributed by atoms with Crippen molar-refractivity contribution in [2.24, 2.45) is 0 Å². The van der Waals surface area contributed by atoms with E-state index in [1.54, 1.807) is 12.1 Å². The number of rotatable bonds is 0. The first kappa shape index (κ1) is 8.78. The molecule has 2 rings (SSSR count). The summed E-state index contributed by atoms with van der Waals surface area (Å²) in [6, 6.07) is 7.45. The van der Waals surface area contributed by atoms with Crippen molar-refractivity contribution in [1.29, 1.82) is 5.26 Å². The minimum absolute atomic E-state index is 0.294. The normalized spacial score (nSPS) is 10.2. The molecule has 2 aromatic rings. The number of nitriles is 1. The maximum atomic E-state index is 9.28. The smallest absolute Gasteiger partial charge is 0.172 e. The van der Waals surface area contributed by atoms with Crippen molar-refractivity contribution >= 4 is 44.0 Å². The van der Waals surface area contributed by atoms with Gasteiger partial charge < -0.3 is 5.11 Å². The van der Waals surface area contributed by atoms with Crippen LogP contribution in [0.3, 0.4) is 0 Å². The van der Waals surface area contributed by atoms with Gasteiger partial charge in [-0.2, -0.15) is 5.26 Å². The van der Waals surface area contributed by atoms with E-state index >= 15 is 0 Å². The van der Waals surface area contributed by atoms with Gasteiger partial charge in [-0.15, -0.1) is 0 Å². The van der Waals surface area contributed by atoms with Gasteiger partial charge in [-0.3, -0.25) is 0 Å². The molecule has 64 valence electrons. The van der Waals surface area contributed by atoms with Gasteiger partial charge in [0, 0.05) is 19.7 Å². The average Bonchev–Trinajstić information content (AvgIpc) is 2.47. The van der Waals surface area contributed by atoms with Crippen molar-refractivity contribution in [2.45, 2.75) is 0 Å². The lowest BCUT2D eigenvalue weighted by molar-refractivity contribution is 0.491. The summed E-state index contributed by atoms with van der Waals surface area (Å²) >= 11 is 3.45. The van der Waals surface area contributed by atoms with Crippen molar-refractivity contribution in [3.05, 3.63) is 27.3 Å². The standard InChI is InChI=1S/C9H4INOS/c10-9-5(4-11)1-2-7-6(9)3-8(12)13-7/h1-3,12H. The van der Waals surface area contributed by atoms with Crippen LogP contribution in [0, 0.1) is 14.9 Å². The van der Waals surface area contributed by atoms with Crippen LogP contribution in [0.15, 0.2) is 18.2 Å². The zero-order valence-corrected chi connectivity index (χ0v) is 9.39. The van der Waals surface area contributed by atoms with Crippen molar-refractivity contribution < 1.29 is 5.11 Å². The minimum Gasteiger partial charge on any atom is -0.499 e. The molecule has 1 heterocycles. The average molecular weight is 301 g/mol. The van der Waals surface area contributed by atoms with Crippen LogP contribution in [-0.4, -0.2) is 5.11 Å². The van der Waals surface area contributed by atoms with Gasteiger partial charge in [0.05, 0.1) is 5.56 Å². The number of halogens is 1. The summed E-state index contributed by atoms with van der Waals surface area (Å²) < 4.78 is 1.93. The number of aromatic hydroxyl groups is 1. The van der Waals surface area contributed by atoms with Crippen molar-refractivity contribution in [2.75, 3.05) is 0 Å². The first-order valence-electron chi connectivity index (χ1n) is 3.53. The molecule has 0 bridgehead atoms. The number of nitrogens with zero attached hydrogens (tertiary/aromatic N) is 1. The molecule has 0 aliphatic rings. The van der Waals surface area contributed by atoms with Gasteiger partial charge in [-0.1, -0.05) is 11.3 Å². The summed E-state index contributed by atoms with van der Waals surface area (Å²) in [7, 11) is 0. The van der Waals surface area contributed by atoms with Crippen molar-refractivity contribution in [3.8, 4) is 11.1 Å². The van der Waals surface area contributed by atoms with Gasteiger partial charge in [0.25, 0.3) is 0 Å². The third-order valence-electron chi connectivity index (χ3n) is 1.74. The molecule has 0 unspecified atom stereocenters. The van der Waals surface area contributed by atoms with E-state index in [-0.39, 0.29) is 0 Å². The van der Waals surface area contributed by atoms with Gasteiger partial charge in [0.2, 0.25) is 0 Å². The van der Waals surface area contributed by atoms with Crippen LogP contribution in [0.5, 0.6) is 5.06 Å². The molecule has 1 aromatic heterocycles. The van der Waals surface area contributed by atoms with E-state index in [4.69, 9.17) is 5.26 Å². The second-order valence-corrected chi connectivity index (χ2v) is 4.68. The molecule has 13 heavy (non-hydrogen) atoms. The molecule has 0 amide bonds. The van der Waals surface area contributed by atoms with E-state index in [1.807, 2.05) is 6.07 Å². The van der Waals surface area contributed by atoms with Gasteiger partial charge in [-0.25, -0.2) is 0 Å². The first-order valence-corrected chi connectivity index (χ1v) is 5.43. The van der Waals surface area contributed by atoms with Crippen LogP contribution in [-0.2, 0) is 0 Å². The monoisotopic (exact) mass is 301 g/mol. The lowest BCUT2D eigenvalue weighted by atomic mass is 10.2. The van der Waals surface area contributed by atoms with E-state index in [0.717, 1.165) is 13.7 Å². The van der Waals surface area contributed by atoms with Gasteiger partial charge in [0.1, 0.15) is 6.07 Å². The molecule has 0 aliphatic carbocycles. The van der Waals surface area contributed by atoms with Gasteiger partial charge in [-0.05, 0) is 34.7 Å². The van der Waals surface area contributed by atoms with E-state index in [2.05, 4.69) is 28.7 Å². The predicted octanol–water partition coefficient (Wildman–Crippen LogP) is 3.08. The molecule has 0 saturated heterocycles. The van der Waals surface area contributed by atoms with E-state index in [1.165, 1.54) is 11.3 Å². The zero-order valence-electron chi connectivity index (χ0n) is 6.41. The number of benzene rings is 1. The summed E-state index contributed by atoms with van der Waals surface area (Å²) in [6.45, 7) is 0. The summed E-state index contributed by atoms with van der Waals surface area (Å²) in [5.41, 5.74) is 0.658. The van der Waals surface area contributed by atoms with Crippen molar-refractivity contribution in [3.63, 3.8) is 0 Å². The maximum Gasteiger partial charge on any atom is 0.172 e. The summed E-state index contributed by atoms with van der Waals surface area (Å²) in [4.78, 5) is 0. The molecule has 1 aromatic carbocycles.